The highest BCUT2D eigenvalue weighted by atomic mass is 31.2. The second-order valence-electron chi connectivity index (χ2n) is 5.88. The lowest BCUT2D eigenvalue weighted by Crippen LogP contribution is -2.17. The average molecular weight is 248 g/mol. The summed E-state index contributed by atoms with van der Waals surface area (Å²) < 4.78 is 0. The molecule has 2 unspecified atom stereocenters. The fourth-order valence-electron chi connectivity index (χ4n) is 0.742. The summed E-state index contributed by atoms with van der Waals surface area (Å²) in [5, 5.41) is 1.08. The van der Waals surface area contributed by atoms with Crippen LogP contribution in [0.15, 0.2) is 0 Å². The molecule has 0 spiro atoms. The van der Waals surface area contributed by atoms with Gasteiger partial charge in [0.05, 0.1) is 16.8 Å². The molecule has 92 valence electrons. The van der Waals surface area contributed by atoms with Gasteiger partial charge in [-0.2, -0.15) is 0 Å². The Hall–Kier alpha value is 0.990. The summed E-state index contributed by atoms with van der Waals surface area (Å²) >= 11 is 0. The zero-order valence-corrected chi connectivity index (χ0v) is 12.4. The topological polar surface area (TPSA) is 0 Å². The number of rotatable bonds is 2. The Bertz CT molecular complexity index is 141. The molecule has 0 fully saturated rings. The molecule has 0 aliphatic carbocycles. The summed E-state index contributed by atoms with van der Waals surface area (Å²) in [6.07, 6.45) is 0. The summed E-state index contributed by atoms with van der Waals surface area (Å²) in [6, 6.07) is 0. The molecule has 0 aromatic heterocycles. The molecule has 0 amide bonds. The van der Waals surface area contributed by atoms with Gasteiger partial charge in [0.25, 0.3) is 0 Å². The van der Waals surface area contributed by atoms with Crippen molar-refractivity contribution in [3.8, 4) is 0 Å². The predicted octanol–water partition coefficient (Wildman–Crippen LogP) is 2.40. The second-order valence-corrected chi connectivity index (χ2v) is 12.5. The maximum absolute atomic E-state index is 2.46. The quantitative estimate of drug-likeness (QED) is 0.520. The van der Waals surface area contributed by atoms with Crippen LogP contribution in [0.25, 0.3) is 0 Å². The molecule has 0 aromatic carbocycles. The zero-order valence-electron chi connectivity index (χ0n) is 10.6. The summed E-state index contributed by atoms with van der Waals surface area (Å²) in [5.74, 6) is 1.47. The van der Waals surface area contributed by atoms with E-state index in [2.05, 4.69) is 54.9 Å². The standard InChI is InChI=1S/C11H26P2.2BH3/c1-10(2,3)12(7)9-13(8)11(4,5)6;;/h9H2,1-8H3;2*1H3. The average Bonchev–Trinajstić information content (AvgIpc) is 1.82. The molecule has 0 rings (SSSR count). The third-order valence-electron chi connectivity index (χ3n) is 2.71. The zero-order chi connectivity index (χ0) is 10.9. The molecule has 0 saturated carbocycles. The summed E-state index contributed by atoms with van der Waals surface area (Å²) in [6.45, 7) is 19.2. The van der Waals surface area contributed by atoms with E-state index >= 15 is 0 Å². The molecule has 0 aromatic rings. The molecule has 4 heteroatoms. The van der Waals surface area contributed by atoms with E-state index in [9.17, 15) is 0 Å². The van der Waals surface area contributed by atoms with Gasteiger partial charge in [-0.15, -0.1) is 0 Å². The third-order valence-corrected chi connectivity index (χ3v) is 10.7. The largest absolute Gasteiger partial charge is 0.1000 e. The van der Waals surface area contributed by atoms with E-state index in [1.54, 1.807) is 0 Å². The van der Waals surface area contributed by atoms with E-state index in [1.807, 2.05) is 0 Å². The van der Waals surface area contributed by atoms with Crippen LogP contribution in [-0.2, 0) is 0 Å². The van der Waals surface area contributed by atoms with Gasteiger partial charge in [-0.05, 0) is 29.5 Å². The Balaban J connectivity index is -0.000000720. The van der Waals surface area contributed by atoms with Crippen LogP contribution in [0.5, 0.6) is 0 Å². The smallest absolute Gasteiger partial charge is 0.0814 e. The molecule has 0 aliphatic heterocycles. The Kier molecular flexibility index (Phi) is 10.4. The fourth-order valence-corrected chi connectivity index (χ4v) is 6.68. The van der Waals surface area contributed by atoms with Gasteiger partial charge in [-0.3, -0.25) is 0 Å². The van der Waals surface area contributed by atoms with E-state index in [-0.39, 0.29) is 32.7 Å². The highest BCUT2D eigenvalue weighted by Gasteiger charge is 2.26. The monoisotopic (exact) mass is 248 g/mol. The summed E-state index contributed by atoms with van der Waals surface area (Å²) in [7, 11) is 0.407. The molecule has 15 heavy (non-hydrogen) atoms. The van der Waals surface area contributed by atoms with E-state index in [1.165, 1.54) is 5.90 Å². The van der Waals surface area contributed by atoms with Crippen LogP contribution in [0.2, 0.25) is 0 Å². The molecule has 0 aliphatic rings. The van der Waals surface area contributed by atoms with E-state index in [4.69, 9.17) is 0 Å². The first-order valence-electron chi connectivity index (χ1n) is 4.97. The molecule has 0 bridgehead atoms. The minimum Gasteiger partial charge on any atom is -0.1000 e. The van der Waals surface area contributed by atoms with E-state index in [0.29, 0.717) is 10.3 Å². The van der Waals surface area contributed by atoms with Gasteiger partial charge in [-0.1, -0.05) is 57.4 Å². The fraction of sp³-hybridized carbons (Fsp3) is 1.00. The second kappa shape index (κ2) is 7.34. The van der Waals surface area contributed by atoms with Crippen molar-refractivity contribution in [2.24, 2.45) is 0 Å². The molecule has 0 nitrogen and oxygen atoms in total. The van der Waals surface area contributed by atoms with Crippen LogP contribution in [0, 0.1) is 0 Å². The maximum Gasteiger partial charge on any atom is 0.0814 e. The van der Waals surface area contributed by atoms with Crippen molar-refractivity contribution >= 4 is 32.7 Å². The van der Waals surface area contributed by atoms with Crippen molar-refractivity contribution in [3.63, 3.8) is 0 Å². The Labute approximate surface area is 104 Å². The van der Waals surface area contributed by atoms with Gasteiger partial charge >= 0.3 is 0 Å². The Morgan fingerprint density at radius 3 is 1.00 bits per heavy atom. The van der Waals surface area contributed by atoms with Crippen LogP contribution < -0.4 is 0 Å². The van der Waals surface area contributed by atoms with Crippen molar-refractivity contribution < 1.29 is 0 Å². The SMILES string of the molecule is B.B.CP(CP(C)C(C)(C)C)C(C)(C)C. The Morgan fingerprint density at radius 1 is 0.667 bits per heavy atom. The normalized spacial score (nSPS) is 16.0. The van der Waals surface area contributed by atoms with Crippen molar-refractivity contribution in [1.82, 2.24) is 0 Å². The number of hydrogen-bond donors (Lipinski definition) is 0. The van der Waals surface area contributed by atoms with Gasteiger partial charge in [-0.25, -0.2) is 0 Å². The first kappa shape index (κ1) is 21.3. The van der Waals surface area contributed by atoms with Gasteiger partial charge in [0, 0.05) is 0 Å². The number of hydrogen-bond acceptors (Lipinski definition) is 0. The van der Waals surface area contributed by atoms with Gasteiger partial charge in [0.15, 0.2) is 0 Å². The van der Waals surface area contributed by atoms with Gasteiger partial charge in [0.1, 0.15) is 0 Å². The molecular weight excluding hydrogens is 216 g/mol. The van der Waals surface area contributed by atoms with Crippen LogP contribution in [0.3, 0.4) is 0 Å². The lowest BCUT2D eigenvalue weighted by atomic mass is 10.3. The van der Waals surface area contributed by atoms with Gasteiger partial charge in [0.2, 0.25) is 0 Å². The lowest BCUT2D eigenvalue weighted by Gasteiger charge is -2.35. The highest BCUT2D eigenvalue weighted by Crippen LogP contribution is 2.59. The van der Waals surface area contributed by atoms with Crippen LogP contribution in [-0.4, -0.2) is 46.4 Å². The molecule has 0 heterocycles. The minimum absolute atomic E-state index is 0. The summed E-state index contributed by atoms with van der Waals surface area (Å²) in [4.78, 5) is 0. The first-order valence-corrected chi connectivity index (χ1v) is 8.92. The molecule has 2 atom stereocenters. The van der Waals surface area contributed by atoms with Crippen LogP contribution >= 0.6 is 15.8 Å². The molecule has 0 saturated heterocycles. The maximum atomic E-state index is 2.46. The molecular formula is C11H32B2P2. The predicted molar refractivity (Wildman–Crippen MR) is 89.9 cm³/mol. The van der Waals surface area contributed by atoms with Crippen molar-refractivity contribution in [2.75, 3.05) is 19.2 Å². The van der Waals surface area contributed by atoms with Crippen LogP contribution in [0.1, 0.15) is 41.5 Å². The minimum atomic E-state index is 0. The van der Waals surface area contributed by atoms with E-state index in [0.717, 1.165) is 0 Å². The highest BCUT2D eigenvalue weighted by molar-refractivity contribution is 7.75. The summed E-state index contributed by atoms with van der Waals surface area (Å²) in [5.41, 5.74) is 0. The van der Waals surface area contributed by atoms with Crippen molar-refractivity contribution in [1.29, 1.82) is 0 Å². The molecule has 0 N–H and O–H groups in total. The van der Waals surface area contributed by atoms with Crippen molar-refractivity contribution in [2.45, 2.75) is 51.9 Å². The first-order chi connectivity index (χ1) is 5.55. The van der Waals surface area contributed by atoms with Crippen LogP contribution in [0.4, 0.5) is 0 Å². The Morgan fingerprint density at radius 2 is 0.867 bits per heavy atom. The molecule has 0 radical (unpaired) electrons. The van der Waals surface area contributed by atoms with E-state index < -0.39 is 0 Å². The van der Waals surface area contributed by atoms with Crippen molar-refractivity contribution in [3.05, 3.63) is 0 Å². The van der Waals surface area contributed by atoms with Gasteiger partial charge < -0.3 is 0 Å². The lowest BCUT2D eigenvalue weighted by molar-refractivity contribution is 0.778. The third kappa shape index (κ3) is 8.76.